The number of ether oxygens (including phenoxy) is 2. The third-order valence-corrected chi connectivity index (χ3v) is 5.11. The number of pyridine rings is 1. The number of hydrogen-bond acceptors (Lipinski definition) is 4. The van der Waals surface area contributed by atoms with E-state index in [1.54, 1.807) is 6.20 Å². The van der Waals surface area contributed by atoms with E-state index in [-0.39, 0.29) is 17.9 Å². The van der Waals surface area contributed by atoms with Crippen LogP contribution in [0.25, 0.3) is 0 Å². The molecule has 1 aromatic carbocycles. The van der Waals surface area contributed by atoms with Gasteiger partial charge in [0, 0.05) is 18.2 Å². The monoisotopic (exact) mass is 352 g/mol. The second-order valence-corrected chi connectivity index (χ2v) is 7.08. The summed E-state index contributed by atoms with van der Waals surface area (Å²) in [7, 11) is 0. The molecule has 5 nitrogen and oxygen atoms in total. The van der Waals surface area contributed by atoms with E-state index >= 15 is 0 Å². The molecule has 1 saturated heterocycles. The third kappa shape index (κ3) is 3.88. The molecule has 0 N–H and O–H groups in total. The summed E-state index contributed by atoms with van der Waals surface area (Å²) in [5, 5.41) is 0. The lowest BCUT2D eigenvalue weighted by Crippen LogP contribution is -2.48. The maximum absolute atomic E-state index is 12.8. The quantitative estimate of drug-likeness (QED) is 0.830. The lowest BCUT2D eigenvalue weighted by atomic mass is 10.1. The number of hydrogen-bond donors (Lipinski definition) is 0. The number of aryl methyl sites for hydroxylation is 1. The highest BCUT2D eigenvalue weighted by atomic mass is 16.5. The molecule has 5 heteroatoms. The third-order valence-electron chi connectivity index (χ3n) is 5.11. The number of carbonyl (C=O) groups is 1. The molecule has 26 heavy (non-hydrogen) atoms. The molecule has 0 bridgehead atoms. The second kappa shape index (κ2) is 7.46. The molecule has 136 valence electrons. The molecule has 1 aliphatic heterocycles. The summed E-state index contributed by atoms with van der Waals surface area (Å²) in [5.41, 5.74) is 2.23. The van der Waals surface area contributed by atoms with Crippen molar-refractivity contribution in [3.63, 3.8) is 0 Å². The van der Waals surface area contributed by atoms with Gasteiger partial charge in [0.15, 0.2) is 0 Å². The van der Waals surface area contributed by atoms with Crippen molar-refractivity contribution in [3.8, 4) is 5.75 Å². The Balaban J connectivity index is 1.29. The van der Waals surface area contributed by atoms with Crippen LogP contribution in [0.2, 0.25) is 0 Å². The zero-order valence-corrected chi connectivity index (χ0v) is 15.0. The van der Waals surface area contributed by atoms with E-state index in [1.165, 1.54) is 5.56 Å². The molecule has 0 radical (unpaired) electrons. The Hall–Kier alpha value is -2.40. The summed E-state index contributed by atoms with van der Waals surface area (Å²) in [4.78, 5) is 19.0. The van der Waals surface area contributed by atoms with Gasteiger partial charge in [0.2, 0.25) is 5.91 Å². The number of aromatic nitrogens is 1. The Morgan fingerprint density at radius 1 is 1.27 bits per heavy atom. The first kappa shape index (κ1) is 17.0. The number of nitrogens with zero attached hydrogens (tertiary/aromatic N) is 2. The molecule has 3 atom stereocenters. The summed E-state index contributed by atoms with van der Waals surface area (Å²) in [6.45, 7) is 4.20. The van der Waals surface area contributed by atoms with Crippen molar-refractivity contribution in [1.29, 1.82) is 0 Å². The molecule has 2 aliphatic rings. The van der Waals surface area contributed by atoms with Crippen LogP contribution in [0.3, 0.4) is 0 Å². The van der Waals surface area contributed by atoms with Gasteiger partial charge in [-0.15, -0.1) is 0 Å². The first-order valence-electron chi connectivity index (χ1n) is 9.21. The van der Waals surface area contributed by atoms with Crippen molar-refractivity contribution < 1.29 is 14.3 Å². The molecule has 1 aliphatic carbocycles. The van der Waals surface area contributed by atoms with Gasteiger partial charge in [0.25, 0.3) is 0 Å². The minimum absolute atomic E-state index is 0.0945. The van der Waals surface area contributed by atoms with E-state index in [9.17, 15) is 4.79 Å². The van der Waals surface area contributed by atoms with Crippen LogP contribution < -0.4 is 4.74 Å². The van der Waals surface area contributed by atoms with Gasteiger partial charge >= 0.3 is 0 Å². The molecule has 2 aromatic rings. The van der Waals surface area contributed by atoms with Gasteiger partial charge in [-0.1, -0.05) is 30.3 Å². The molecule has 0 spiro atoms. The molecule has 1 aromatic heterocycles. The minimum Gasteiger partial charge on any atom is -0.489 e. The maximum Gasteiger partial charge on any atom is 0.226 e. The predicted molar refractivity (Wildman–Crippen MR) is 98.1 cm³/mol. The highest BCUT2D eigenvalue weighted by Gasteiger charge is 2.46. The van der Waals surface area contributed by atoms with Crippen molar-refractivity contribution in [3.05, 3.63) is 59.9 Å². The first-order chi connectivity index (χ1) is 12.7. The zero-order valence-electron chi connectivity index (χ0n) is 15.0. The van der Waals surface area contributed by atoms with Gasteiger partial charge in [0.1, 0.15) is 18.5 Å². The highest BCUT2D eigenvalue weighted by Crippen LogP contribution is 2.48. The summed E-state index contributed by atoms with van der Waals surface area (Å²) < 4.78 is 11.5. The Labute approximate surface area is 153 Å². The summed E-state index contributed by atoms with van der Waals surface area (Å²) in [6, 6.07) is 14.1. The van der Waals surface area contributed by atoms with Crippen molar-refractivity contribution >= 4 is 5.91 Å². The molecule has 4 rings (SSSR count). The van der Waals surface area contributed by atoms with E-state index in [0.29, 0.717) is 32.2 Å². The zero-order chi connectivity index (χ0) is 17.9. The molecule has 1 unspecified atom stereocenters. The molecule has 2 fully saturated rings. The van der Waals surface area contributed by atoms with Gasteiger partial charge in [-0.25, -0.2) is 0 Å². The standard InChI is InChI=1S/C21H24N2O3/c1-15-7-8-17(12-22-15)26-14-18-13-23(9-10-25-18)21(24)20-11-19(20)16-5-3-2-4-6-16/h2-8,12,18-20H,9-11,13-14H2,1H3/t18?,19-,20+/m0/s1. The second-order valence-electron chi connectivity index (χ2n) is 7.08. The maximum atomic E-state index is 12.8. The van der Waals surface area contributed by atoms with Crippen LogP contribution >= 0.6 is 0 Å². The molecular weight excluding hydrogens is 328 g/mol. The SMILES string of the molecule is Cc1ccc(OCC2CN(C(=O)[C@@H]3C[C@H]3c3ccccc3)CCO2)cn1. The minimum atomic E-state index is -0.0945. The van der Waals surface area contributed by atoms with Crippen molar-refractivity contribution in [2.24, 2.45) is 5.92 Å². The van der Waals surface area contributed by atoms with Crippen LogP contribution in [-0.4, -0.2) is 48.2 Å². The highest BCUT2D eigenvalue weighted by molar-refractivity contribution is 5.83. The smallest absolute Gasteiger partial charge is 0.226 e. The summed E-state index contributed by atoms with van der Waals surface area (Å²) in [6.07, 6.45) is 2.58. The van der Waals surface area contributed by atoms with E-state index < -0.39 is 0 Å². The van der Waals surface area contributed by atoms with Crippen LogP contribution in [0.4, 0.5) is 0 Å². The van der Waals surface area contributed by atoms with Crippen LogP contribution in [0.15, 0.2) is 48.7 Å². The number of rotatable bonds is 5. The predicted octanol–water partition coefficient (Wildman–Crippen LogP) is 2.80. The van der Waals surface area contributed by atoms with Gasteiger partial charge in [-0.05, 0) is 37.0 Å². The summed E-state index contributed by atoms with van der Waals surface area (Å²) >= 11 is 0. The number of carbonyl (C=O) groups excluding carboxylic acids is 1. The van der Waals surface area contributed by atoms with E-state index in [4.69, 9.17) is 9.47 Å². The topological polar surface area (TPSA) is 51.7 Å². The van der Waals surface area contributed by atoms with E-state index in [2.05, 4.69) is 17.1 Å². The fourth-order valence-corrected chi connectivity index (χ4v) is 3.52. The Morgan fingerprint density at radius 2 is 2.12 bits per heavy atom. The molecule has 1 amide bonds. The van der Waals surface area contributed by atoms with Crippen LogP contribution in [-0.2, 0) is 9.53 Å². The number of amides is 1. The van der Waals surface area contributed by atoms with Crippen LogP contribution in [0, 0.1) is 12.8 Å². The van der Waals surface area contributed by atoms with Gasteiger partial charge in [0.05, 0.1) is 19.3 Å². The summed E-state index contributed by atoms with van der Waals surface area (Å²) in [5.74, 6) is 1.48. The average molecular weight is 352 g/mol. The molecular formula is C21H24N2O3. The first-order valence-corrected chi connectivity index (χ1v) is 9.21. The van der Waals surface area contributed by atoms with Crippen molar-refractivity contribution in [2.45, 2.75) is 25.4 Å². The van der Waals surface area contributed by atoms with Crippen LogP contribution in [0.5, 0.6) is 5.75 Å². The molecule has 2 heterocycles. The Kier molecular flexibility index (Phi) is 4.89. The fraction of sp³-hybridized carbons (Fsp3) is 0.429. The fourth-order valence-electron chi connectivity index (χ4n) is 3.52. The average Bonchev–Trinajstić information content (AvgIpc) is 3.49. The van der Waals surface area contributed by atoms with Gasteiger partial charge in [-0.2, -0.15) is 0 Å². The van der Waals surface area contributed by atoms with Crippen molar-refractivity contribution in [1.82, 2.24) is 9.88 Å². The Morgan fingerprint density at radius 3 is 2.88 bits per heavy atom. The lowest BCUT2D eigenvalue weighted by molar-refractivity contribution is -0.141. The number of morpholine rings is 1. The van der Waals surface area contributed by atoms with Gasteiger partial charge in [-0.3, -0.25) is 9.78 Å². The Bertz CT molecular complexity index is 748. The van der Waals surface area contributed by atoms with Gasteiger partial charge < -0.3 is 14.4 Å². The molecule has 1 saturated carbocycles. The van der Waals surface area contributed by atoms with Crippen molar-refractivity contribution in [2.75, 3.05) is 26.3 Å². The number of benzene rings is 1. The lowest BCUT2D eigenvalue weighted by Gasteiger charge is -2.33. The van der Waals surface area contributed by atoms with Crippen LogP contribution in [0.1, 0.15) is 23.6 Å². The largest absolute Gasteiger partial charge is 0.489 e. The van der Waals surface area contributed by atoms with E-state index in [1.807, 2.05) is 42.2 Å². The van der Waals surface area contributed by atoms with E-state index in [0.717, 1.165) is 17.9 Å². The normalized spacial score (nSPS) is 25.0.